The minimum atomic E-state index is -3.09. The van der Waals surface area contributed by atoms with Crippen molar-refractivity contribution in [3.8, 4) is 0 Å². The lowest BCUT2D eigenvalue weighted by Gasteiger charge is -2.05. The lowest BCUT2D eigenvalue weighted by atomic mass is 10.2. The van der Waals surface area contributed by atoms with E-state index in [2.05, 4.69) is 11.9 Å². The fourth-order valence-corrected chi connectivity index (χ4v) is 2.02. The Balaban J connectivity index is 2.49. The van der Waals surface area contributed by atoms with Crippen molar-refractivity contribution in [2.24, 2.45) is 0 Å². The molecule has 0 radical (unpaired) electrons. The lowest BCUT2D eigenvalue weighted by molar-refractivity contribution is 0.601. The van der Waals surface area contributed by atoms with Gasteiger partial charge in [-0.3, -0.25) is 0 Å². The molecule has 0 saturated carbocycles. The van der Waals surface area contributed by atoms with Gasteiger partial charge >= 0.3 is 0 Å². The quantitative estimate of drug-likeness (QED) is 0.624. The van der Waals surface area contributed by atoms with Gasteiger partial charge in [0.2, 0.25) is 0 Å². The second-order valence-corrected chi connectivity index (χ2v) is 6.32. The van der Waals surface area contributed by atoms with Crippen LogP contribution in [0.3, 0.4) is 0 Å². The van der Waals surface area contributed by atoms with Crippen LogP contribution in [0.1, 0.15) is 18.9 Å². The first-order valence-electron chi connectivity index (χ1n) is 5.53. The summed E-state index contributed by atoms with van der Waals surface area (Å²) < 4.78 is 22.5. The summed E-state index contributed by atoms with van der Waals surface area (Å²) in [7, 11) is -3.09. The van der Waals surface area contributed by atoms with Crippen LogP contribution < -0.4 is 5.32 Å². The Kier molecular flexibility index (Phi) is 4.90. The molecule has 0 aliphatic rings. The molecule has 0 atom stereocenters. The normalized spacial score (nSPS) is 11.4. The summed E-state index contributed by atoms with van der Waals surface area (Å²) >= 11 is 0. The molecule has 4 heteroatoms. The molecule has 3 nitrogen and oxygen atoms in total. The van der Waals surface area contributed by atoms with Crippen molar-refractivity contribution in [3.05, 3.63) is 42.0 Å². The first kappa shape index (κ1) is 13.9. The maximum atomic E-state index is 11.3. The smallest absolute Gasteiger partial charge is 0.175 e. The Labute approximate surface area is 103 Å². The van der Waals surface area contributed by atoms with Crippen LogP contribution in [0.25, 0.3) is 0 Å². The molecular weight excluding hydrogens is 234 g/mol. The molecule has 0 heterocycles. The molecule has 0 bridgehead atoms. The second-order valence-electron chi connectivity index (χ2n) is 4.30. The Bertz CT molecular complexity index is 475. The molecule has 17 heavy (non-hydrogen) atoms. The molecule has 0 unspecified atom stereocenters. The van der Waals surface area contributed by atoms with E-state index in [0.29, 0.717) is 4.90 Å². The molecule has 0 spiro atoms. The summed E-state index contributed by atoms with van der Waals surface area (Å²) in [5, 5.41) is 3.28. The van der Waals surface area contributed by atoms with E-state index in [-0.39, 0.29) is 0 Å². The number of hydrogen-bond donors (Lipinski definition) is 1. The molecule has 0 aliphatic heterocycles. The molecular formula is C13H19NO2S. The standard InChI is InChI=1S/C13H19NO2S/c1-11(2)8-9-14-10-12-4-6-13(7-5-12)17(3,15)16/h4-7,14H,1,8-10H2,2-3H3. The SMILES string of the molecule is C=C(C)CCNCc1ccc(S(C)(=O)=O)cc1. The largest absolute Gasteiger partial charge is 0.312 e. The Morgan fingerprint density at radius 2 is 1.88 bits per heavy atom. The predicted octanol–water partition coefficient (Wildman–Crippen LogP) is 2.15. The zero-order chi connectivity index (χ0) is 12.9. The van der Waals surface area contributed by atoms with Gasteiger partial charge in [-0.15, -0.1) is 6.58 Å². The zero-order valence-corrected chi connectivity index (χ0v) is 11.2. The van der Waals surface area contributed by atoms with Gasteiger partial charge in [-0.1, -0.05) is 17.7 Å². The van der Waals surface area contributed by atoms with Gasteiger partial charge in [-0.25, -0.2) is 8.42 Å². The Morgan fingerprint density at radius 1 is 1.29 bits per heavy atom. The van der Waals surface area contributed by atoms with E-state index >= 15 is 0 Å². The van der Waals surface area contributed by atoms with Gasteiger partial charge in [-0.2, -0.15) is 0 Å². The van der Waals surface area contributed by atoms with Crippen LogP contribution in [0, 0.1) is 0 Å². The third kappa shape index (κ3) is 5.15. The third-order valence-corrected chi connectivity index (χ3v) is 3.54. The van der Waals surface area contributed by atoms with E-state index in [1.807, 2.05) is 19.1 Å². The first-order valence-corrected chi connectivity index (χ1v) is 7.43. The molecule has 1 aromatic carbocycles. The molecule has 1 aromatic rings. The summed E-state index contributed by atoms with van der Waals surface area (Å²) in [4.78, 5) is 0.364. The van der Waals surface area contributed by atoms with Crippen LogP contribution in [-0.2, 0) is 16.4 Å². The topological polar surface area (TPSA) is 46.2 Å². The molecule has 0 aromatic heterocycles. The summed E-state index contributed by atoms with van der Waals surface area (Å²) in [6.45, 7) is 7.47. The minimum Gasteiger partial charge on any atom is -0.312 e. The van der Waals surface area contributed by atoms with E-state index in [0.717, 1.165) is 30.6 Å². The van der Waals surface area contributed by atoms with Gasteiger partial charge in [0.15, 0.2) is 9.84 Å². The Hall–Kier alpha value is -1.13. The maximum absolute atomic E-state index is 11.3. The summed E-state index contributed by atoms with van der Waals surface area (Å²) in [6.07, 6.45) is 2.18. The van der Waals surface area contributed by atoms with Crippen LogP contribution in [-0.4, -0.2) is 21.2 Å². The van der Waals surface area contributed by atoms with Gasteiger partial charge < -0.3 is 5.32 Å². The van der Waals surface area contributed by atoms with Gasteiger partial charge in [0.1, 0.15) is 0 Å². The molecule has 1 N–H and O–H groups in total. The van der Waals surface area contributed by atoms with Gasteiger partial charge in [0, 0.05) is 12.8 Å². The van der Waals surface area contributed by atoms with E-state index in [1.165, 1.54) is 6.26 Å². The molecule has 94 valence electrons. The van der Waals surface area contributed by atoms with Gasteiger partial charge in [0.25, 0.3) is 0 Å². The molecule has 0 saturated heterocycles. The van der Waals surface area contributed by atoms with Crippen molar-refractivity contribution >= 4 is 9.84 Å². The van der Waals surface area contributed by atoms with Crippen LogP contribution >= 0.6 is 0 Å². The summed E-state index contributed by atoms with van der Waals surface area (Å²) in [5.41, 5.74) is 2.24. The van der Waals surface area contributed by atoms with Gasteiger partial charge in [-0.05, 0) is 37.6 Å². The third-order valence-electron chi connectivity index (χ3n) is 2.41. The van der Waals surface area contributed by atoms with Crippen molar-refractivity contribution < 1.29 is 8.42 Å². The van der Waals surface area contributed by atoms with Crippen LogP contribution in [0.4, 0.5) is 0 Å². The number of sulfone groups is 1. The van der Waals surface area contributed by atoms with Crippen molar-refractivity contribution in [2.45, 2.75) is 24.8 Å². The highest BCUT2D eigenvalue weighted by atomic mass is 32.2. The molecule has 0 aliphatic carbocycles. The average molecular weight is 253 g/mol. The number of rotatable bonds is 6. The summed E-state index contributed by atoms with van der Waals surface area (Å²) in [6, 6.07) is 6.96. The molecule has 1 rings (SSSR count). The predicted molar refractivity (Wildman–Crippen MR) is 70.7 cm³/mol. The minimum absolute atomic E-state index is 0.364. The van der Waals surface area contributed by atoms with Crippen LogP contribution in [0.15, 0.2) is 41.3 Å². The molecule has 0 fully saturated rings. The van der Waals surface area contributed by atoms with Crippen molar-refractivity contribution in [1.29, 1.82) is 0 Å². The zero-order valence-electron chi connectivity index (χ0n) is 10.4. The van der Waals surface area contributed by atoms with Crippen molar-refractivity contribution in [3.63, 3.8) is 0 Å². The van der Waals surface area contributed by atoms with E-state index in [9.17, 15) is 8.42 Å². The first-order chi connectivity index (χ1) is 7.89. The van der Waals surface area contributed by atoms with Crippen LogP contribution in [0.5, 0.6) is 0 Å². The van der Waals surface area contributed by atoms with E-state index in [4.69, 9.17) is 0 Å². The van der Waals surface area contributed by atoms with Crippen LogP contribution in [0.2, 0.25) is 0 Å². The summed E-state index contributed by atoms with van der Waals surface area (Å²) in [5.74, 6) is 0. The highest BCUT2D eigenvalue weighted by molar-refractivity contribution is 7.90. The number of nitrogens with one attached hydrogen (secondary N) is 1. The highest BCUT2D eigenvalue weighted by Crippen LogP contribution is 2.10. The Morgan fingerprint density at radius 3 is 2.35 bits per heavy atom. The van der Waals surface area contributed by atoms with Crippen molar-refractivity contribution in [1.82, 2.24) is 5.32 Å². The fourth-order valence-electron chi connectivity index (χ4n) is 1.39. The van der Waals surface area contributed by atoms with Gasteiger partial charge in [0.05, 0.1) is 4.90 Å². The fraction of sp³-hybridized carbons (Fsp3) is 0.385. The van der Waals surface area contributed by atoms with E-state index in [1.54, 1.807) is 12.1 Å². The van der Waals surface area contributed by atoms with Crippen molar-refractivity contribution in [2.75, 3.05) is 12.8 Å². The molecule has 0 amide bonds. The lowest BCUT2D eigenvalue weighted by Crippen LogP contribution is -2.14. The number of hydrogen-bond acceptors (Lipinski definition) is 3. The average Bonchev–Trinajstić information content (AvgIpc) is 2.23. The van der Waals surface area contributed by atoms with E-state index < -0.39 is 9.84 Å². The monoisotopic (exact) mass is 253 g/mol. The second kappa shape index (κ2) is 5.98. The highest BCUT2D eigenvalue weighted by Gasteiger charge is 2.05. The number of benzene rings is 1. The maximum Gasteiger partial charge on any atom is 0.175 e.